The second-order valence-electron chi connectivity index (χ2n) is 5.27. The van der Waals surface area contributed by atoms with Gasteiger partial charge in [-0.25, -0.2) is 13.2 Å². The van der Waals surface area contributed by atoms with Crippen molar-refractivity contribution in [1.29, 1.82) is 0 Å². The molecule has 1 aromatic heterocycles. The van der Waals surface area contributed by atoms with Crippen LogP contribution in [0, 0.1) is 5.92 Å². The minimum Gasteiger partial charge on any atom is -0.465 e. The zero-order valence-electron chi connectivity index (χ0n) is 12.5. The summed E-state index contributed by atoms with van der Waals surface area (Å²) in [5, 5.41) is -0.242. The Morgan fingerprint density at radius 3 is 2.82 bits per heavy atom. The molecule has 22 heavy (non-hydrogen) atoms. The van der Waals surface area contributed by atoms with E-state index in [1.165, 1.54) is 17.5 Å². The Morgan fingerprint density at radius 2 is 2.23 bits per heavy atom. The van der Waals surface area contributed by atoms with Gasteiger partial charge in [-0.1, -0.05) is 0 Å². The van der Waals surface area contributed by atoms with Gasteiger partial charge in [0.2, 0.25) is 5.09 Å². The number of halogens is 1. The third-order valence-electron chi connectivity index (χ3n) is 3.75. The number of carbonyl (C=O) groups excluding carboxylic acids is 1. The molecule has 1 aliphatic rings. The number of ether oxygens (including phenoxy) is 1. The molecule has 1 aliphatic heterocycles. The summed E-state index contributed by atoms with van der Waals surface area (Å²) < 4.78 is 36.0. The molecule has 1 saturated heterocycles. The van der Waals surface area contributed by atoms with Crippen LogP contribution in [0.2, 0.25) is 0 Å². The van der Waals surface area contributed by atoms with Crippen molar-refractivity contribution in [2.75, 3.05) is 20.2 Å². The molecule has 0 aliphatic carbocycles. The maximum Gasteiger partial charge on any atom is 0.341 e. The van der Waals surface area contributed by atoms with Crippen LogP contribution >= 0.6 is 12.4 Å². The first-order valence-electron chi connectivity index (χ1n) is 6.79. The van der Waals surface area contributed by atoms with Gasteiger partial charge in [0, 0.05) is 25.2 Å². The Labute approximate surface area is 136 Å². The lowest BCUT2D eigenvalue weighted by atomic mass is 9.93. The summed E-state index contributed by atoms with van der Waals surface area (Å²) in [6.45, 7) is 2.68. The van der Waals surface area contributed by atoms with Crippen LogP contribution in [0.3, 0.4) is 0 Å². The first kappa shape index (κ1) is 19.0. The molecule has 0 amide bonds. The average Bonchev–Trinajstić information content (AvgIpc) is 2.97. The van der Waals surface area contributed by atoms with E-state index in [1.807, 2.05) is 6.92 Å². The van der Waals surface area contributed by atoms with Crippen LogP contribution in [0.4, 0.5) is 0 Å². The number of piperidine rings is 1. The molecule has 2 heterocycles. The molecular weight excluding hydrogens is 332 g/mol. The number of methoxy groups -OCH3 is 1. The molecule has 1 aromatic rings. The topological polar surface area (TPSA) is 103 Å². The lowest BCUT2D eigenvalue weighted by Gasteiger charge is -2.33. The highest BCUT2D eigenvalue weighted by Gasteiger charge is 2.34. The molecule has 2 rings (SSSR count). The maximum absolute atomic E-state index is 12.5. The molecule has 0 aromatic carbocycles. The van der Waals surface area contributed by atoms with E-state index < -0.39 is 16.0 Å². The van der Waals surface area contributed by atoms with E-state index in [1.54, 1.807) is 0 Å². The van der Waals surface area contributed by atoms with Crippen molar-refractivity contribution < 1.29 is 22.4 Å². The van der Waals surface area contributed by atoms with E-state index in [0.29, 0.717) is 13.1 Å². The summed E-state index contributed by atoms with van der Waals surface area (Å²) >= 11 is 0. The molecule has 2 N–H and O–H groups in total. The standard InChI is InChI=1S/C13H20N2O5S.ClH/c1-9(14)10-4-3-5-15(7-10)21(17,18)12-6-11(8-20-12)13(16)19-2;/h6,8-10H,3-5,7,14H2,1-2H3;1H. The number of nitrogens with zero attached hydrogens (tertiary/aromatic N) is 1. The maximum atomic E-state index is 12.5. The van der Waals surface area contributed by atoms with Gasteiger partial charge in [0.25, 0.3) is 10.0 Å². The number of esters is 1. The zero-order valence-corrected chi connectivity index (χ0v) is 14.2. The highest BCUT2D eigenvalue weighted by Crippen LogP contribution is 2.26. The second-order valence-corrected chi connectivity index (χ2v) is 7.14. The molecule has 2 atom stereocenters. The van der Waals surface area contributed by atoms with Gasteiger partial charge in [-0.15, -0.1) is 12.4 Å². The van der Waals surface area contributed by atoms with Crippen molar-refractivity contribution in [3.63, 3.8) is 0 Å². The van der Waals surface area contributed by atoms with E-state index in [4.69, 9.17) is 10.2 Å². The Hall–Kier alpha value is -1.09. The van der Waals surface area contributed by atoms with Gasteiger partial charge in [-0.2, -0.15) is 4.31 Å². The van der Waals surface area contributed by atoms with Gasteiger partial charge < -0.3 is 14.9 Å². The summed E-state index contributed by atoms with van der Waals surface area (Å²) in [4.78, 5) is 11.4. The van der Waals surface area contributed by atoms with Gasteiger partial charge in [-0.05, 0) is 25.7 Å². The van der Waals surface area contributed by atoms with E-state index >= 15 is 0 Å². The molecule has 126 valence electrons. The molecule has 0 radical (unpaired) electrons. The van der Waals surface area contributed by atoms with Crippen LogP contribution in [0.5, 0.6) is 0 Å². The Bertz CT molecular complexity index is 614. The summed E-state index contributed by atoms with van der Waals surface area (Å²) in [7, 11) is -2.52. The van der Waals surface area contributed by atoms with E-state index in [2.05, 4.69) is 4.74 Å². The van der Waals surface area contributed by atoms with E-state index in [-0.39, 0.29) is 35.0 Å². The number of hydrogen-bond acceptors (Lipinski definition) is 6. The first-order valence-corrected chi connectivity index (χ1v) is 8.23. The van der Waals surface area contributed by atoms with Crippen LogP contribution in [0.1, 0.15) is 30.1 Å². The molecule has 0 saturated carbocycles. The summed E-state index contributed by atoms with van der Waals surface area (Å²) in [6, 6.07) is 1.13. The van der Waals surface area contributed by atoms with Crippen molar-refractivity contribution in [3.05, 3.63) is 17.9 Å². The fraction of sp³-hybridized carbons (Fsp3) is 0.615. The second kappa shape index (κ2) is 7.45. The van der Waals surface area contributed by atoms with Crippen LogP contribution in [-0.2, 0) is 14.8 Å². The van der Waals surface area contributed by atoms with Gasteiger partial charge in [0.05, 0.1) is 12.7 Å². The summed E-state index contributed by atoms with van der Waals surface area (Å²) in [6.07, 6.45) is 2.76. The Morgan fingerprint density at radius 1 is 1.55 bits per heavy atom. The van der Waals surface area contributed by atoms with Crippen molar-refractivity contribution in [2.45, 2.75) is 30.9 Å². The number of sulfonamides is 1. The monoisotopic (exact) mass is 352 g/mol. The smallest absolute Gasteiger partial charge is 0.341 e. The lowest BCUT2D eigenvalue weighted by Crippen LogP contribution is -2.44. The largest absolute Gasteiger partial charge is 0.465 e. The van der Waals surface area contributed by atoms with Crippen LogP contribution in [0.25, 0.3) is 0 Å². The zero-order chi connectivity index (χ0) is 15.6. The Balaban J connectivity index is 0.00000242. The Kier molecular flexibility index (Phi) is 6.42. The predicted molar refractivity (Wildman–Crippen MR) is 82.4 cm³/mol. The molecule has 0 bridgehead atoms. The third kappa shape index (κ3) is 3.81. The fourth-order valence-corrected chi connectivity index (χ4v) is 3.88. The van der Waals surface area contributed by atoms with Crippen molar-refractivity contribution in [2.24, 2.45) is 11.7 Å². The highest BCUT2D eigenvalue weighted by atomic mass is 35.5. The van der Waals surface area contributed by atoms with Gasteiger partial charge in [0.15, 0.2) is 0 Å². The molecule has 1 fully saturated rings. The van der Waals surface area contributed by atoms with Crippen LogP contribution in [0.15, 0.2) is 21.8 Å². The number of hydrogen-bond donors (Lipinski definition) is 1. The SMILES string of the molecule is COC(=O)c1coc(S(=O)(=O)N2CCCC(C(C)N)C2)c1.Cl. The first-order chi connectivity index (χ1) is 9.86. The average molecular weight is 353 g/mol. The summed E-state index contributed by atoms with van der Waals surface area (Å²) in [5.41, 5.74) is 5.95. The number of carbonyl (C=O) groups is 1. The van der Waals surface area contributed by atoms with Gasteiger partial charge in [0.1, 0.15) is 6.26 Å². The predicted octanol–water partition coefficient (Wildman–Crippen LogP) is 1.24. The summed E-state index contributed by atoms with van der Waals surface area (Å²) in [5.74, 6) is -0.504. The van der Waals surface area contributed by atoms with Crippen LogP contribution in [-0.4, -0.2) is 44.9 Å². The number of nitrogens with two attached hydrogens (primary N) is 1. The molecule has 9 heteroatoms. The quantitative estimate of drug-likeness (QED) is 0.818. The van der Waals surface area contributed by atoms with Crippen molar-refractivity contribution in [3.8, 4) is 0 Å². The lowest BCUT2D eigenvalue weighted by molar-refractivity contribution is 0.0600. The van der Waals surface area contributed by atoms with Gasteiger partial charge >= 0.3 is 5.97 Å². The minimum absolute atomic E-state index is 0. The highest BCUT2D eigenvalue weighted by molar-refractivity contribution is 7.89. The van der Waals surface area contributed by atoms with Crippen molar-refractivity contribution >= 4 is 28.4 Å². The number of furan rings is 1. The van der Waals surface area contributed by atoms with Gasteiger partial charge in [-0.3, -0.25) is 0 Å². The normalized spacial score (nSPS) is 21.0. The van der Waals surface area contributed by atoms with E-state index in [0.717, 1.165) is 19.1 Å². The van der Waals surface area contributed by atoms with Crippen molar-refractivity contribution in [1.82, 2.24) is 4.31 Å². The van der Waals surface area contributed by atoms with E-state index in [9.17, 15) is 13.2 Å². The molecular formula is C13H21ClN2O5S. The number of rotatable bonds is 4. The molecule has 2 unspecified atom stereocenters. The molecule has 0 spiro atoms. The molecule has 7 nitrogen and oxygen atoms in total. The minimum atomic E-state index is -3.75. The third-order valence-corrected chi connectivity index (χ3v) is 5.49. The fourth-order valence-electron chi connectivity index (χ4n) is 2.43. The van der Waals surface area contributed by atoms with Crippen LogP contribution < -0.4 is 5.73 Å².